The molecule has 5 aromatic rings. The van der Waals surface area contributed by atoms with Crippen LogP contribution < -0.4 is 21.7 Å². The largest absolute Gasteiger partial charge is 0.322 e. The first-order chi connectivity index (χ1) is 19.9. The van der Waals surface area contributed by atoms with E-state index < -0.39 is 5.91 Å². The molecule has 0 saturated heterocycles. The minimum Gasteiger partial charge on any atom is -0.322 e. The van der Waals surface area contributed by atoms with Crippen molar-refractivity contribution in [3.63, 3.8) is 0 Å². The van der Waals surface area contributed by atoms with Crippen molar-refractivity contribution in [1.82, 2.24) is 14.0 Å². The normalized spacial score (nSPS) is 12.8. The quantitative estimate of drug-likeness (QED) is 0.242. The van der Waals surface area contributed by atoms with Gasteiger partial charge in [-0.15, -0.1) is 11.3 Å². The van der Waals surface area contributed by atoms with Crippen molar-refractivity contribution < 1.29 is 9.59 Å². The molecule has 3 N–H and O–H groups in total. The molecule has 1 aliphatic rings. The first-order valence-corrected chi connectivity index (χ1v) is 14.6. The Kier molecular flexibility index (Phi) is 7.00. The number of aromatic nitrogens is 3. The van der Waals surface area contributed by atoms with E-state index in [0.717, 1.165) is 41.7 Å². The van der Waals surface area contributed by atoms with Gasteiger partial charge in [-0.2, -0.15) is 0 Å². The molecular weight excluding hydrogens is 536 g/mol. The van der Waals surface area contributed by atoms with Gasteiger partial charge < -0.3 is 15.2 Å². The molecule has 9 nitrogen and oxygen atoms in total. The van der Waals surface area contributed by atoms with Crippen LogP contribution in [0.2, 0.25) is 0 Å². The maximum atomic E-state index is 13.8. The summed E-state index contributed by atoms with van der Waals surface area (Å²) in [6, 6.07) is 14.3. The van der Waals surface area contributed by atoms with Crippen LogP contribution in [0.15, 0.2) is 59.5 Å². The summed E-state index contributed by atoms with van der Waals surface area (Å²) >= 11 is 1.42. The van der Waals surface area contributed by atoms with Gasteiger partial charge in [0, 0.05) is 23.3 Å². The van der Waals surface area contributed by atoms with Gasteiger partial charge in [0.2, 0.25) is 0 Å². The minimum absolute atomic E-state index is 0.0294. The third-order valence-electron chi connectivity index (χ3n) is 7.48. The Morgan fingerprint density at radius 3 is 2.59 bits per heavy atom. The topological polar surface area (TPSA) is 121 Å². The Labute approximate surface area is 240 Å². The number of pyridine rings is 2. The zero-order valence-corrected chi connectivity index (χ0v) is 23.7. The van der Waals surface area contributed by atoms with Crippen molar-refractivity contribution >= 4 is 50.5 Å². The zero-order valence-electron chi connectivity index (χ0n) is 22.9. The molecular formula is C31H30N6O3S. The van der Waals surface area contributed by atoms with Gasteiger partial charge in [-0.25, -0.2) is 4.98 Å². The Morgan fingerprint density at radius 2 is 1.80 bits per heavy atom. The lowest BCUT2D eigenvalue weighted by Gasteiger charge is -2.15. The summed E-state index contributed by atoms with van der Waals surface area (Å²) in [5.74, 6) is -0.816. The number of amides is 2. The molecule has 0 aliphatic heterocycles. The smallest absolute Gasteiger partial charge is 0.267 e. The molecule has 4 aromatic heterocycles. The average Bonchev–Trinajstić information content (AvgIpc) is 3.33. The van der Waals surface area contributed by atoms with Crippen molar-refractivity contribution in [2.45, 2.75) is 52.5 Å². The number of nitrogens with zero attached hydrogens (tertiary/aromatic N) is 3. The van der Waals surface area contributed by atoms with Crippen LogP contribution in [0.1, 0.15) is 62.9 Å². The first kappa shape index (κ1) is 26.6. The molecule has 0 saturated carbocycles. The van der Waals surface area contributed by atoms with Gasteiger partial charge >= 0.3 is 0 Å². The zero-order chi connectivity index (χ0) is 28.7. The number of hydrogen-bond donors (Lipinski definition) is 3. The second kappa shape index (κ2) is 10.8. The highest BCUT2D eigenvalue weighted by atomic mass is 32.1. The summed E-state index contributed by atoms with van der Waals surface area (Å²) in [5.41, 5.74) is 3.57. The molecule has 1 aliphatic carbocycles. The SMILES string of the molecule is CCCn1c(=N)c(C(=O)Nc2sc3c(c2C(=O)Nc2ccccc2)CCCC3)cc2c(=O)n3cccc(C)c3nc21. The van der Waals surface area contributed by atoms with Crippen molar-refractivity contribution in [1.29, 1.82) is 5.41 Å². The molecule has 208 valence electrons. The lowest BCUT2D eigenvalue weighted by atomic mass is 9.95. The van der Waals surface area contributed by atoms with Crippen LogP contribution in [0.25, 0.3) is 16.7 Å². The maximum absolute atomic E-state index is 13.8. The van der Waals surface area contributed by atoms with E-state index in [2.05, 4.69) is 10.6 Å². The van der Waals surface area contributed by atoms with E-state index in [1.807, 2.05) is 50.2 Å². The van der Waals surface area contributed by atoms with Crippen molar-refractivity contribution in [2.75, 3.05) is 10.6 Å². The van der Waals surface area contributed by atoms with Crippen LogP contribution in [0.4, 0.5) is 10.7 Å². The second-order valence-corrected chi connectivity index (χ2v) is 11.4. The fraction of sp³-hybridized carbons (Fsp3) is 0.258. The van der Waals surface area contributed by atoms with E-state index >= 15 is 0 Å². The highest BCUT2D eigenvalue weighted by molar-refractivity contribution is 7.17. The molecule has 41 heavy (non-hydrogen) atoms. The summed E-state index contributed by atoms with van der Waals surface area (Å²) in [6.45, 7) is 4.27. The van der Waals surface area contributed by atoms with Gasteiger partial charge in [0.1, 0.15) is 21.8 Å². The van der Waals surface area contributed by atoms with Crippen LogP contribution in [0, 0.1) is 12.3 Å². The van der Waals surface area contributed by atoms with Crippen LogP contribution in [-0.2, 0) is 19.4 Å². The Hall–Kier alpha value is -4.57. The van der Waals surface area contributed by atoms with Crippen LogP contribution in [-0.4, -0.2) is 25.8 Å². The van der Waals surface area contributed by atoms with Crippen molar-refractivity contribution in [2.24, 2.45) is 0 Å². The van der Waals surface area contributed by atoms with Gasteiger partial charge in [-0.1, -0.05) is 31.2 Å². The average molecular weight is 567 g/mol. The molecule has 0 unspecified atom stereocenters. The van der Waals surface area contributed by atoms with Crippen LogP contribution in [0.5, 0.6) is 0 Å². The molecule has 4 heterocycles. The molecule has 10 heteroatoms. The molecule has 0 radical (unpaired) electrons. The number of benzene rings is 1. The number of anilines is 2. The number of carbonyl (C=O) groups is 2. The Morgan fingerprint density at radius 1 is 1.02 bits per heavy atom. The molecule has 0 bridgehead atoms. The molecule has 2 amide bonds. The number of nitrogens with one attached hydrogen (secondary N) is 3. The number of carbonyl (C=O) groups excluding carboxylic acids is 2. The number of thiophene rings is 1. The van der Waals surface area contributed by atoms with Gasteiger partial charge in [0.25, 0.3) is 17.4 Å². The van der Waals surface area contributed by atoms with Crippen molar-refractivity contribution in [3.8, 4) is 0 Å². The van der Waals surface area contributed by atoms with E-state index in [-0.39, 0.29) is 27.9 Å². The van der Waals surface area contributed by atoms with Gasteiger partial charge in [-0.05, 0) is 74.4 Å². The van der Waals surface area contributed by atoms with Crippen LogP contribution >= 0.6 is 11.3 Å². The fourth-order valence-electron chi connectivity index (χ4n) is 5.49. The minimum atomic E-state index is -0.539. The highest BCUT2D eigenvalue weighted by Crippen LogP contribution is 2.38. The Bertz CT molecular complexity index is 1950. The van der Waals surface area contributed by atoms with Crippen LogP contribution in [0.3, 0.4) is 0 Å². The lowest BCUT2D eigenvalue weighted by Crippen LogP contribution is -2.32. The predicted molar refractivity (Wildman–Crippen MR) is 161 cm³/mol. The number of para-hydroxylation sites is 1. The molecule has 6 rings (SSSR count). The standard InChI is InChI=1S/C31H30N6O3S/c1-3-15-36-25(32)21(17-22-27(36)34-26-18(2)10-9-16-37(26)31(22)40)28(38)35-30-24(20-13-7-8-14-23(20)41-30)29(39)33-19-11-5-4-6-12-19/h4-6,9-12,16-17,32H,3,7-8,13-15H2,1-2H3,(H,33,39)(H,35,38). The summed E-state index contributed by atoms with van der Waals surface area (Å²) in [5, 5.41) is 15.6. The third kappa shape index (κ3) is 4.74. The summed E-state index contributed by atoms with van der Waals surface area (Å²) in [6.07, 6.45) is 5.97. The van der Waals surface area contributed by atoms with Gasteiger partial charge in [0.15, 0.2) is 0 Å². The monoisotopic (exact) mass is 566 g/mol. The Balaban J connectivity index is 1.45. The van der Waals surface area contributed by atoms with E-state index in [0.29, 0.717) is 40.5 Å². The van der Waals surface area contributed by atoms with Crippen molar-refractivity contribution in [3.05, 3.63) is 97.7 Å². The molecule has 0 spiro atoms. The van der Waals surface area contributed by atoms with E-state index in [9.17, 15) is 14.4 Å². The maximum Gasteiger partial charge on any atom is 0.267 e. The molecule has 0 fully saturated rings. The molecule has 1 aromatic carbocycles. The van der Waals surface area contributed by atoms with Gasteiger partial charge in [0.05, 0.1) is 16.5 Å². The summed E-state index contributed by atoms with van der Waals surface area (Å²) in [4.78, 5) is 46.7. The molecule has 0 atom stereocenters. The number of aryl methyl sites for hydroxylation is 3. The van der Waals surface area contributed by atoms with Gasteiger partial charge in [-0.3, -0.25) is 24.2 Å². The number of fused-ring (bicyclic) bond motifs is 3. The summed E-state index contributed by atoms with van der Waals surface area (Å²) in [7, 11) is 0. The van der Waals surface area contributed by atoms with E-state index in [1.54, 1.807) is 16.8 Å². The number of rotatable bonds is 6. The first-order valence-electron chi connectivity index (χ1n) is 13.8. The van der Waals surface area contributed by atoms with E-state index in [4.69, 9.17) is 10.4 Å². The lowest BCUT2D eigenvalue weighted by molar-refractivity contribution is 0.102. The fourth-order valence-corrected chi connectivity index (χ4v) is 6.77. The third-order valence-corrected chi connectivity index (χ3v) is 8.69. The predicted octanol–water partition coefficient (Wildman–Crippen LogP) is 5.29. The second-order valence-electron chi connectivity index (χ2n) is 10.3. The number of hydrogen-bond acceptors (Lipinski definition) is 6. The summed E-state index contributed by atoms with van der Waals surface area (Å²) < 4.78 is 3.10. The highest BCUT2D eigenvalue weighted by Gasteiger charge is 2.27. The van der Waals surface area contributed by atoms with E-state index in [1.165, 1.54) is 21.8 Å².